The predicted octanol–water partition coefficient (Wildman–Crippen LogP) is 4.70. The van der Waals surface area contributed by atoms with E-state index in [4.69, 9.17) is 0 Å². The lowest BCUT2D eigenvalue weighted by Crippen LogP contribution is -2.44. The lowest BCUT2D eigenvalue weighted by atomic mass is 10.1. The molecule has 1 aliphatic heterocycles. The van der Waals surface area contributed by atoms with Crippen molar-refractivity contribution in [2.45, 2.75) is 32.9 Å². The van der Waals surface area contributed by atoms with Crippen molar-refractivity contribution in [3.8, 4) is 0 Å². The van der Waals surface area contributed by atoms with Crippen molar-refractivity contribution in [1.29, 1.82) is 0 Å². The monoisotopic (exact) mass is 379 g/mol. The van der Waals surface area contributed by atoms with E-state index in [9.17, 15) is 9.18 Å². The summed E-state index contributed by atoms with van der Waals surface area (Å²) in [6, 6.07) is 8.52. The quantitative estimate of drug-likeness (QED) is 0.806. The summed E-state index contributed by atoms with van der Waals surface area (Å²) >= 11 is 3.21. The van der Waals surface area contributed by atoms with E-state index < -0.39 is 5.82 Å². The number of aryl methyl sites for hydroxylation is 1. The van der Waals surface area contributed by atoms with Crippen molar-refractivity contribution >= 4 is 27.6 Å². The van der Waals surface area contributed by atoms with E-state index in [1.54, 1.807) is 17.0 Å². The molecule has 122 valence electrons. The van der Waals surface area contributed by atoms with Crippen molar-refractivity contribution in [2.75, 3.05) is 11.9 Å². The van der Waals surface area contributed by atoms with Gasteiger partial charge in [-0.3, -0.25) is 0 Å². The summed E-state index contributed by atoms with van der Waals surface area (Å²) in [5.41, 5.74) is 2.55. The summed E-state index contributed by atoms with van der Waals surface area (Å²) in [6.07, 6.45) is 0.819. The van der Waals surface area contributed by atoms with E-state index in [1.807, 2.05) is 0 Å². The highest BCUT2D eigenvalue weighted by Crippen LogP contribution is 2.31. The number of hydrogen-bond acceptors (Lipinski definition) is 1. The fourth-order valence-corrected chi connectivity index (χ4v) is 3.49. The molecule has 0 unspecified atom stereocenters. The van der Waals surface area contributed by atoms with Crippen LogP contribution in [0.5, 0.6) is 0 Å². The van der Waals surface area contributed by atoms with Gasteiger partial charge in [0.15, 0.2) is 0 Å². The summed E-state index contributed by atoms with van der Waals surface area (Å²) in [6.45, 7) is 5.51. The average Bonchev–Trinajstić information content (AvgIpc) is 2.90. The van der Waals surface area contributed by atoms with Crippen LogP contribution in [-0.2, 0) is 6.54 Å². The van der Waals surface area contributed by atoms with Crippen LogP contribution in [0.15, 0.2) is 34.8 Å². The molecule has 0 saturated carbocycles. The van der Waals surface area contributed by atoms with Gasteiger partial charge in [0.2, 0.25) is 0 Å². The molecular weight excluding hydrogens is 361 g/mol. The summed E-state index contributed by atoms with van der Waals surface area (Å²) in [4.78, 5) is 14.4. The zero-order valence-electron chi connectivity index (χ0n) is 13.1. The Kier molecular flexibility index (Phi) is 4.43. The number of amides is 2. The van der Waals surface area contributed by atoms with Gasteiger partial charge in [-0.1, -0.05) is 22.9 Å². The number of urea groups is 1. The van der Waals surface area contributed by atoms with Crippen LogP contribution < -0.4 is 5.32 Å². The second-order valence-electron chi connectivity index (χ2n) is 5.72. The van der Waals surface area contributed by atoms with Crippen LogP contribution in [0.25, 0.3) is 0 Å². The van der Waals surface area contributed by atoms with Crippen LogP contribution >= 0.6 is 15.9 Å². The first-order valence-corrected chi connectivity index (χ1v) is 8.49. The predicted molar refractivity (Wildman–Crippen MR) is 92.0 cm³/mol. The SMILES string of the molecule is CC[C@H]1c2ccc(C)n2CCN1C(=O)Nc1ccc(Br)cc1F. The smallest absolute Gasteiger partial charge is 0.322 e. The van der Waals surface area contributed by atoms with Gasteiger partial charge < -0.3 is 14.8 Å². The fourth-order valence-electron chi connectivity index (χ4n) is 3.16. The third-order valence-electron chi connectivity index (χ3n) is 4.34. The van der Waals surface area contributed by atoms with Gasteiger partial charge in [-0.2, -0.15) is 0 Å². The number of nitrogens with zero attached hydrogens (tertiary/aromatic N) is 2. The minimum atomic E-state index is -0.447. The molecule has 0 bridgehead atoms. The van der Waals surface area contributed by atoms with Gasteiger partial charge in [-0.05, 0) is 43.7 Å². The maximum Gasteiger partial charge on any atom is 0.322 e. The highest BCUT2D eigenvalue weighted by molar-refractivity contribution is 9.10. The highest BCUT2D eigenvalue weighted by atomic mass is 79.9. The van der Waals surface area contributed by atoms with E-state index in [0.29, 0.717) is 11.0 Å². The third-order valence-corrected chi connectivity index (χ3v) is 4.83. The highest BCUT2D eigenvalue weighted by Gasteiger charge is 2.30. The minimum Gasteiger partial charge on any atom is -0.345 e. The number of carbonyl (C=O) groups is 1. The fraction of sp³-hybridized carbons (Fsp3) is 0.353. The first kappa shape index (κ1) is 16.1. The van der Waals surface area contributed by atoms with Gasteiger partial charge in [-0.15, -0.1) is 0 Å². The Hall–Kier alpha value is -1.82. The van der Waals surface area contributed by atoms with Crippen molar-refractivity contribution < 1.29 is 9.18 Å². The molecule has 1 aliphatic rings. The van der Waals surface area contributed by atoms with E-state index in [1.165, 1.54) is 11.8 Å². The van der Waals surface area contributed by atoms with Crippen molar-refractivity contribution in [1.82, 2.24) is 9.47 Å². The van der Waals surface area contributed by atoms with Crippen molar-refractivity contribution in [2.24, 2.45) is 0 Å². The van der Waals surface area contributed by atoms with E-state index in [2.05, 4.69) is 51.8 Å². The van der Waals surface area contributed by atoms with E-state index in [-0.39, 0.29) is 17.8 Å². The molecule has 0 saturated heterocycles. The molecule has 4 nitrogen and oxygen atoms in total. The minimum absolute atomic E-state index is 0.0101. The first-order chi connectivity index (χ1) is 11.0. The molecule has 2 aromatic rings. The number of fused-ring (bicyclic) bond motifs is 1. The molecule has 0 aliphatic carbocycles. The molecule has 2 amide bonds. The summed E-state index contributed by atoms with van der Waals surface area (Å²) in [5, 5.41) is 2.69. The van der Waals surface area contributed by atoms with Crippen LogP contribution in [0, 0.1) is 12.7 Å². The van der Waals surface area contributed by atoms with E-state index in [0.717, 1.165) is 18.7 Å². The van der Waals surface area contributed by atoms with Crippen LogP contribution in [0.2, 0.25) is 0 Å². The van der Waals surface area contributed by atoms with Crippen molar-refractivity contribution in [3.63, 3.8) is 0 Å². The number of rotatable bonds is 2. The molecule has 0 radical (unpaired) electrons. The Morgan fingerprint density at radius 1 is 1.35 bits per heavy atom. The Bertz CT molecular complexity index is 743. The second-order valence-corrected chi connectivity index (χ2v) is 6.64. The molecule has 23 heavy (non-hydrogen) atoms. The topological polar surface area (TPSA) is 37.3 Å². The number of carbonyl (C=O) groups excluding carboxylic acids is 1. The zero-order chi connectivity index (χ0) is 16.6. The Morgan fingerprint density at radius 2 is 2.13 bits per heavy atom. The average molecular weight is 380 g/mol. The van der Waals surface area contributed by atoms with Gasteiger partial charge >= 0.3 is 6.03 Å². The molecule has 1 N–H and O–H groups in total. The van der Waals surface area contributed by atoms with Gasteiger partial charge in [0, 0.05) is 29.0 Å². The van der Waals surface area contributed by atoms with Crippen LogP contribution in [-0.4, -0.2) is 22.0 Å². The molecule has 1 atom stereocenters. The summed E-state index contributed by atoms with van der Waals surface area (Å²) in [5.74, 6) is -0.447. The van der Waals surface area contributed by atoms with Crippen LogP contribution in [0.4, 0.5) is 14.9 Å². The maximum atomic E-state index is 13.9. The molecule has 6 heteroatoms. The number of anilines is 1. The molecule has 2 heterocycles. The number of nitrogens with one attached hydrogen (secondary N) is 1. The van der Waals surface area contributed by atoms with Gasteiger partial charge in [0.25, 0.3) is 0 Å². The number of aromatic nitrogens is 1. The maximum absolute atomic E-state index is 13.9. The molecule has 0 spiro atoms. The molecule has 1 aromatic carbocycles. The molecule has 1 aromatic heterocycles. The zero-order valence-corrected chi connectivity index (χ0v) is 14.7. The molecule has 0 fully saturated rings. The number of hydrogen-bond donors (Lipinski definition) is 1. The van der Waals surface area contributed by atoms with Crippen LogP contribution in [0.3, 0.4) is 0 Å². The standard InChI is InChI=1S/C17H19BrFN3O/c1-3-15-16-7-4-11(2)21(16)8-9-22(15)17(23)20-14-6-5-12(18)10-13(14)19/h4-7,10,15H,3,8-9H2,1-2H3,(H,20,23)/t15-/m0/s1. The lowest BCUT2D eigenvalue weighted by molar-refractivity contribution is 0.165. The van der Waals surface area contributed by atoms with Gasteiger partial charge in [-0.25, -0.2) is 9.18 Å². The van der Waals surface area contributed by atoms with Crippen molar-refractivity contribution in [3.05, 3.63) is 52.0 Å². The Labute approximate surface area is 143 Å². The molecular formula is C17H19BrFN3O. The lowest BCUT2D eigenvalue weighted by Gasteiger charge is -2.37. The third kappa shape index (κ3) is 3.00. The number of benzene rings is 1. The Morgan fingerprint density at radius 3 is 2.83 bits per heavy atom. The van der Waals surface area contributed by atoms with Gasteiger partial charge in [0.1, 0.15) is 5.82 Å². The number of halogens is 2. The summed E-state index contributed by atoms with van der Waals surface area (Å²) < 4.78 is 16.8. The largest absolute Gasteiger partial charge is 0.345 e. The second kappa shape index (κ2) is 6.35. The van der Waals surface area contributed by atoms with E-state index >= 15 is 0 Å². The summed E-state index contributed by atoms with van der Waals surface area (Å²) in [7, 11) is 0. The Balaban J connectivity index is 1.82. The molecule has 3 rings (SSSR count). The van der Waals surface area contributed by atoms with Gasteiger partial charge in [0.05, 0.1) is 11.7 Å². The first-order valence-electron chi connectivity index (χ1n) is 7.70. The van der Waals surface area contributed by atoms with Crippen LogP contribution in [0.1, 0.15) is 30.8 Å². The normalized spacial score (nSPS) is 17.0.